The minimum Gasteiger partial charge on any atom is -0.482 e. The van der Waals surface area contributed by atoms with Crippen LogP contribution in [0.2, 0.25) is 0 Å². The highest BCUT2D eigenvalue weighted by atomic mass is 19.4. The summed E-state index contributed by atoms with van der Waals surface area (Å²) < 4.78 is 47.9. The number of hydrogen-bond acceptors (Lipinski definition) is 5. The molecule has 2 rings (SSSR count). The van der Waals surface area contributed by atoms with E-state index in [1.54, 1.807) is 26.0 Å². The molecule has 0 aliphatic heterocycles. The van der Waals surface area contributed by atoms with Gasteiger partial charge in [-0.3, -0.25) is 0 Å². The second-order valence-corrected chi connectivity index (χ2v) is 6.22. The van der Waals surface area contributed by atoms with E-state index in [9.17, 15) is 18.0 Å². The number of carbonyl (C=O) groups is 1. The fourth-order valence-electron chi connectivity index (χ4n) is 2.42. The summed E-state index contributed by atoms with van der Waals surface area (Å²) in [4.78, 5) is 16.6. The van der Waals surface area contributed by atoms with Crippen LogP contribution in [0.25, 0.3) is 0 Å². The maximum absolute atomic E-state index is 12.6. The molecule has 2 aromatic carbocycles. The second kappa shape index (κ2) is 9.95. The maximum Gasteiger partial charge on any atom is 0.416 e. The van der Waals surface area contributed by atoms with Crippen molar-refractivity contribution in [2.75, 3.05) is 13.2 Å². The number of ether oxygens (including phenoxy) is 2. The van der Waals surface area contributed by atoms with Crippen molar-refractivity contribution in [2.24, 2.45) is 5.16 Å². The smallest absolute Gasteiger partial charge is 0.416 e. The molecule has 0 aromatic heterocycles. The second-order valence-electron chi connectivity index (χ2n) is 6.22. The predicted molar refractivity (Wildman–Crippen MR) is 102 cm³/mol. The molecule has 0 aliphatic carbocycles. The van der Waals surface area contributed by atoms with Crippen molar-refractivity contribution >= 4 is 11.7 Å². The zero-order valence-corrected chi connectivity index (χ0v) is 16.4. The van der Waals surface area contributed by atoms with Gasteiger partial charge in [-0.25, -0.2) is 4.79 Å². The number of oxime groups is 1. The van der Waals surface area contributed by atoms with Crippen molar-refractivity contribution in [3.63, 3.8) is 0 Å². The standard InChI is InChI=1S/C21H22F3NO4/c1-4-27-20(26)13-28-19-10-7-17(11-14(19)2)15(3)25-29-12-16-5-8-18(9-6-16)21(22,23)24/h5-11H,4,12-13H2,1-3H3/b25-15+. The lowest BCUT2D eigenvalue weighted by atomic mass is 10.1. The number of carbonyl (C=O) groups excluding carboxylic acids is 1. The van der Waals surface area contributed by atoms with Gasteiger partial charge in [0, 0.05) is 0 Å². The molecule has 0 bridgehead atoms. The largest absolute Gasteiger partial charge is 0.482 e. The predicted octanol–water partition coefficient (Wildman–Crippen LogP) is 4.90. The summed E-state index contributed by atoms with van der Waals surface area (Å²) in [5, 5.41) is 4.01. The van der Waals surface area contributed by atoms with E-state index in [2.05, 4.69) is 5.16 Å². The Labute approximate surface area is 167 Å². The lowest BCUT2D eigenvalue weighted by molar-refractivity contribution is -0.145. The topological polar surface area (TPSA) is 57.1 Å². The van der Waals surface area contributed by atoms with Crippen LogP contribution in [0.15, 0.2) is 47.6 Å². The molecule has 8 heteroatoms. The molecule has 0 fully saturated rings. The van der Waals surface area contributed by atoms with Gasteiger partial charge in [-0.15, -0.1) is 0 Å². The van der Waals surface area contributed by atoms with Gasteiger partial charge in [0.2, 0.25) is 0 Å². The fraction of sp³-hybridized carbons (Fsp3) is 0.333. The van der Waals surface area contributed by atoms with Gasteiger partial charge in [0.25, 0.3) is 0 Å². The molecular weight excluding hydrogens is 387 g/mol. The first-order chi connectivity index (χ1) is 13.7. The summed E-state index contributed by atoms with van der Waals surface area (Å²) in [5.41, 5.74) is 2.06. The van der Waals surface area contributed by atoms with Gasteiger partial charge in [-0.1, -0.05) is 17.3 Å². The van der Waals surface area contributed by atoms with Gasteiger partial charge in [0.05, 0.1) is 17.9 Å². The lowest BCUT2D eigenvalue weighted by Crippen LogP contribution is -2.15. The van der Waals surface area contributed by atoms with E-state index in [0.717, 1.165) is 23.3 Å². The van der Waals surface area contributed by atoms with Gasteiger partial charge >= 0.3 is 12.1 Å². The average molecular weight is 409 g/mol. The first-order valence-electron chi connectivity index (χ1n) is 8.93. The number of hydrogen-bond donors (Lipinski definition) is 0. The van der Waals surface area contributed by atoms with Crippen molar-refractivity contribution in [1.82, 2.24) is 0 Å². The van der Waals surface area contributed by atoms with Crippen LogP contribution in [0, 0.1) is 6.92 Å². The van der Waals surface area contributed by atoms with Gasteiger partial charge < -0.3 is 14.3 Å². The summed E-state index contributed by atoms with van der Waals surface area (Å²) in [6.45, 7) is 5.48. The number of esters is 1. The summed E-state index contributed by atoms with van der Waals surface area (Å²) >= 11 is 0. The molecule has 29 heavy (non-hydrogen) atoms. The molecule has 5 nitrogen and oxygen atoms in total. The van der Waals surface area contributed by atoms with E-state index >= 15 is 0 Å². The Hall–Kier alpha value is -3.03. The summed E-state index contributed by atoms with van der Waals surface area (Å²) in [6.07, 6.45) is -4.36. The van der Waals surface area contributed by atoms with E-state index in [4.69, 9.17) is 14.3 Å². The zero-order chi connectivity index (χ0) is 21.4. The van der Waals surface area contributed by atoms with Gasteiger partial charge in [-0.2, -0.15) is 13.2 Å². The Bertz CT molecular complexity index is 861. The van der Waals surface area contributed by atoms with Crippen molar-refractivity contribution in [1.29, 1.82) is 0 Å². The SMILES string of the molecule is CCOC(=O)COc1ccc(/C(C)=N/OCc2ccc(C(F)(F)F)cc2)cc1C. The van der Waals surface area contributed by atoms with E-state index < -0.39 is 17.7 Å². The summed E-state index contributed by atoms with van der Waals surface area (Å²) in [7, 11) is 0. The van der Waals surface area contributed by atoms with E-state index in [1.165, 1.54) is 12.1 Å². The van der Waals surface area contributed by atoms with Crippen molar-refractivity contribution in [3.8, 4) is 5.75 Å². The van der Waals surface area contributed by atoms with Crippen LogP contribution in [0.5, 0.6) is 5.75 Å². The molecule has 0 radical (unpaired) electrons. The van der Waals surface area contributed by atoms with Gasteiger partial charge in [0.15, 0.2) is 6.61 Å². The lowest BCUT2D eigenvalue weighted by Gasteiger charge is -2.10. The highest BCUT2D eigenvalue weighted by Gasteiger charge is 2.29. The highest BCUT2D eigenvalue weighted by molar-refractivity contribution is 5.98. The third-order valence-corrected chi connectivity index (χ3v) is 3.96. The molecule has 0 heterocycles. The Morgan fingerprint density at radius 2 is 1.79 bits per heavy atom. The van der Waals surface area contributed by atoms with Gasteiger partial charge in [0.1, 0.15) is 12.4 Å². The molecule has 0 spiro atoms. The molecule has 156 valence electrons. The number of rotatable bonds is 8. The molecule has 0 saturated heterocycles. The Kier molecular flexibility index (Phi) is 7.64. The van der Waals surface area contributed by atoms with Crippen LogP contribution in [0.1, 0.15) is 36.1 Å². The number of benzene rings is 2. The zero-order valence-electron chi connectivity index (χ0n) is 16.4. The number of aryl methyl sites for hydroxylation is 1. The van der Waals surface area contributed by atoms with Crippen LogP contribution in [0.4, 0.5) is 13.2 Å². The monoisotopic (exact) mass is 409 g/mol. The minimum absolute atomic E-state index is 0.0508. The molecule has 2 aromatic rings. The molecule has 0 saturated carbocycles. The number of alkyl halides is 3. The quantitative estimate of drug-likeness (QED) is 0.354. The van der Waals surface area contributed by atoms with Crippen LogP contribution in [-0.4, -0.2) is 24.9 Å². The summed E-state index contributed by atoms with van der Waals surface area (Å²) in [6, 6.07) is 10.1. The first kappa shape index (κ1) is 22.3. The molecular formula is C21H22F3NO4. The van der Waals surface area contributed by atoms with Crippen LogP contribution < -0.4 is 4.74 Å². The Morgan fingerprint density at radius 1 is 1.10 bits per heavy atom. The average Bonchev–Trinajstić information content (AvgIpc) is 2.67. The summed E-state index contributed by atoms with van der Waals surface area (Å²) in [5.74, 6) is 0.116. The molecule has 0 amide bonds. The van der Waals surface area contributed by atoms with Crippen LogP contribution in [-0.2, 0) is 27.2 Å². The Morgan fingerprint density at radius 3 is 2.38 bits per heavy atom. The van der Waals surface area contributed by atoms with Crippen molar-refractivity contribution < 1.29 is 32.3 Å². The van der Waals surface area contributed by atoms with Crippen LogP contribution in [0.3, 0.4) is 0 Å². The van der Waals surface area contributed by atoms with E-state index in [1.807, 2.05) is 13.0 Å². The molecule has 0 atom stereocenters. The maximum atomic E-state index is 12.6. The number of halogens is 3. The van der Waals surface area contributed by atoms with Crippen LogP contribution >= 0.6 is 0 Å². The first-order valence-corrected chi connectivity index (χ1v) is 8.93. The third-order valence-electron chi connectivity index (χ3n) is 3.96. The normalized spacial score (nSPS) is 11.9. The number of nitrogens with zero attached hydrogens (tertiary/aromatic N) is 1. The third kappa shape index (κ3) is 6.81. The molecule has 0 unspecified atom stereocenters. The van der Waals surface area contributed by atoms with Crippen molar-refractivity contribution in [2.45, 2.75) is 33.6 Å². The molecule has 0 N–H and O–H groups in total. The fourth-order valence-corrected chi connectivity index (χ4v) is 2.42. The van der Waals surface area contributed by atoms with Crippen molar-refractivity contribution in [3.05, 3.63) is 64.7 Å². The minimum atomic E-state index is -4.36. The molecule has 0 aliphatic rings. The van der Waals surface area contributed by atoms with Gasteiger partial charge in [-0.05, 0) is 67.8 Å². The Balaban J connectivity index is 1.94. The van der Waals surface area contributed by atoms with E-state index in [-0.39, 0.29) is 13.2 Å². The highest BCUT2D eigenvalue weighted by Crippen LogP contribution is 2.29. The van der Waals surface area contributed by atoms with E-state index in [0.29, 0.717) is 23.6 Å².